The summed E-state index contributed by atoms with van der Waals surface area (Å²) in [7, 11) is 0. The predicted molar refractivity (Wildman–Crippen MR) is 97.8 cm³/mol. The van der Waals surface area contributed by atoms with E-state index in [1.54, 1.807) is 25.3 Å². The molecule has 0 radical (unpaired) electrons. The highest BCUT2D eigenvalue weighted by molar-refractivity contribution is 5.94. The summed E-state index contributed by atoms with van der Waals surface area (Å²) in [4.78, 5) is 32.4. The van der Waals surface area contributed by atoms with Gasteiger partial charge in [-0.05, 0) is 31.9 Å². The van der Waals surface area contributed by atoms with E-state index in [-0.39, 0.29) is 5.91 Å². The van der Waals surface area contributed by atoms with Gasteiger partial charge in [0.1, 0.15) is 11.9 Å². The number of ether oxygens (including phenoxy) is 1. The number of rotatable bonds is 5. The van der Waals surface area contributed by atoms with E-state index >= 15 is 0 Å². The van der Waals surface area contributed by atoms with Gasteiger partial charge >= 0.3 is 0 Å². The number of hydrogen-bond donors (Lipinski definition) is 2. The van der Waals surface area contributed by atoms with Crippen LogP contribution in [0, 0.1) is 0 Å². The molecule has 26 heavy (non-hydrogen) atoms. The monoisotopic (exact) mass is 361 g/mol. The van der Waals surface area contributed by atoms with Crippen LogP contribution in [0.1, 0.15) is 30.1 Å². The number of amides is 2. The molecule has 1 atom stereocenters. The van der Waals surface area contributed by atoms with Crippen LogP contribution in [0.4, 0.5) is 5.82 Å². The van der Waals surface area contributed by atoms with Gasteiger partial charge in [-0.1, -0.05) is 0 Å². The molecule has 2 aliphatic heterocycles. The zero-order chi connectivity index (χ0) is 18.5. The number of nitrogens with one attached hydrogen (secondary N) is 1. The summed E-state index contributed by atoms with van der Waals surface area (Å²) in [6, 6.07) is 3.47. The highest BCUT2D eigenvalue weighted by Gasteiger charge is 2.28. The Morgan fingerprint density at radius 3 is 2.50 bits per heavy atom. The summed E-state index contributed by atoms with van der Waals surface area (Å²) in [5.74, 6) is 0.0846. The number of nitrogens with two attached hydrogens (primary N) is 1. The molecule has 0 unspecified atom stereocenters. The van der Waals surface area contributed by atoms with E-state index in [1.807, 2.05) is 4.90 Å². The molecule has 2 saturated heterocycles. The second-order valence-corrected chi connectivity index (χ2v) is 6.87. The van der Waals surface area contributed by atoms with Gasteiger partial charge in [-0.15, -0.1) is 0 Å². The van der Waals surface area contributed by atoms with Crippen molar-refractivity contribution in [3.05, 3.63) is 23.9 Å². The largest absolute Gasteiger partial charge is 0.379 e. The van der Waals surface area contributed by atoms with Gasteiger partial charge in [0, 0.05) is 38.4 Å². The standard InChI is InChI=1S/C18H27N5O3/c1-13(17(19)24)21-16-3-2-14(12-20-16)18(25)23-6-4-15(5-7-23)22-8-10-26-11-9-22/h2-3,12-13,15H,4-11H2,1H3,(H2,19,24)(H,20,21)/t13-/m1/s1. The molecule has 0 bridgehead atoms. The number of primary amides is 1. The second-order valence-electron chi connectivity index (χ2n) is 6.87. The predicted octanol–water partition coefficient (Wildman–Crippen LogP) is 0.304. The van der Waals surface area contributed by atoms with Gasteiger partial charge in [0.05, 0.1) is 18.8 Å². The third-order valence-electron chi connectivity index (χ3n) is 5.12. The number of carbonyl (C=O) groups is 2. The van der Waals surface area contributed by atoms with Crippen molar-refractivity contribution in [1.29, 1.82) is 0 Å². The van der Waals surface area contributed by atoms with Crippen molar-refractivity contribution in [3.8, 4) is 0 Å². The number of likely N-dealkylation sites (tertiary alicyclic amines) is 1. The van der Waals surface area contributed by atoms with Crippen LogP contribution in [0.25, 0.3) is 0 Å². The minimum absolute atomic E-state index is 0.00688. The zero-order valence-electron chi connectivity index (χ0n) is 15.2. The summed E-state index contributed by atoms with van der Waals surface area (Å²) in [5, 5.41) is 2.90. The SMILES string of the molecule is C[C@@H](Nc1ccc(C(=O)N2CCC(N3CCOCC3)CC2)cn1)C(N)=O. The molecule has 3 rings (SSSR count). The van der Waals surface area contributed by atoms with Crippen molar-refractivity contribution in [2.45, 2.75) is 31.8 Å². The van der Waals surface area contributed by atoms with Crippen molar-refractivity contribution in [3.63, 3.8) is 0 Å². The number of morpholine rings is 1. The first-order chi connectivity index (χ1) is 12.5. The molecule has 0 aromatic carbocycles. The number of aromatic nitrogens is 1. The highest BCUT2D eigenvalue weighted by atomic mass is 16.5. The molecule has 2 amide bonds. The van der Waals surface area contributed by atoms with E-state index in [4.69, 9.17) is 10.5 Å². The lowest BCUT2D eigenvalue weighted by molar-refractivity contribution is -0.118. The van der Waals surface area contributed by atoms with Gasteiger partial charge in [-0.25, -0.2) is 4.98 Å². The van der Waals surface area contributed by atoms with Crippen molar-refractivity contribution in [2.75, 3.05) is 44.7 Å². The quantitative estimate of drug-likeness (QED) is 0.783. The highest BCUT2D eigenvalue weighted by Crippen LogP contribution is 2.19. The third kappa shape index (κ3) is 4.50. The third-order valence-corrected chi connectivity index (χ3v) is 5.12. The van der Waals surface area contributed by atoms with Gasteiger partial charge in [-0.3, -0.25) is 14.5 Å². The second kappa shape index (κ2) is 8.46. The molecular weight excluding hydrogens is 334 g/mol. The van der Waals surface area contributed by atoms with Crippen LogP contribution < -0.4 is 11.1 Å². The fraction of sp³-hybridized carbons (Fsp3) is 0.611. The topological polar surface area (TPSA) is 101 Å². The average Bonchev–Trinajstić information content (AvgIpc) is 2.69. The van der Waals surface area contributed by atoms with Gasteiger partial charge in [0.2, 0.25) is 5.91 Å². The van der Waals surface area contributed by atoms with Crippen molar-refractivity contribution in [2.24, 2.45) is 5.73 Å². The maximum Gasteiger partial charge on any atom is 0.255 e. The Morgan fingerprint density at radius 2 is 1.92 bits per heavy atom. The molecule has 1 aromatic rings. The molecule has 3 heterocycles. The summed E-state index contributed by atoms with van der Waals surface area (Å²) in [5.41, 5.74) is 5.79. The van der Waals surface area contributed by atoms with E-state index in [0.29, 0.717) is 17.4 Å². The fourth-order valence-corrected chi connectivity index (χ4v) is 3.46. The van der Waals surface area contributed by atoms with Crippen LogP contribution >= 0.6 is 0 Å². The van der Waals surface area contributed by atoms with Gasteiger partial charge in [-0.2, -0.15) is 0 Å². The molecule has 2 aliphatic rings. The summed E-state index contributed by atoms with van der Waals surface area (Å²) in [6.45, 7) is 6.78. The first-order valence-electron chi connectivity index (χ1n) is 9.17. The summed E-state index contributed by atoms with van der Waals surface area (Å²) >= 11 is 0. The van der Waals surface area contributed by atoms with Crippen LogP contribution in [0.15, 0.2) is 18.3 Å². The molecule has 8 heteroatoms. The summed E-state index contributed by atoms with van der Waals surface area (Å²) < 4.78 is 5.41. The van der Waals surface area contributed by atoms with Gasteiger partial charge in [0.15, 0.2) is 0 Å². The smallest absolute Gasteiger partial charge is 0.255 e. The molecule has 8 nitrogen and oxygen atoms in total. The lowest BCUT2D eigenvalue weighted by Crippen LogP contribution is -2.50. The van der Waals surface area contributed by atoms with Crippen LogP contribution in [-0.4, -0.2) is 78.1 Å². The van der Waals surface area contributed by atoms with Gasteiger partial charge in [0.25, 0.3) is 5.91 Å². The number of pyridine rings is 1. The number of carbonyl (C=O) groups excluding carboxylic acids is 2. The molecule has 0 spiro atoms. The van der Waals surface area contributed by atoms with Crippen molar-refractivity contribution < 1.29 is 14.3 Å². The van der Waals surface area contributed by atoms with E-state index in [9.17, 15) is 9.59 Å². The number of hydrogen-bond acceptors (Lipinski definition) is 6. The molecular formula is C18H27N5O3. The normalized spacial score (nSPS) is 20.6. The molecule has 142 valence electrons. The molecule has 0 aliphatic carbocycles. The Labute approximate surface area is 153 Å². The van der Waals surface area contributed by atoms with Crippen LogP contribution in [-0.2, 0) is 9.53 Å². The Kier molecular flexibility index (Phi) is 6.05. The lowest BCUT2D eigenvalue weighted by atomic mass is 10.0. The number of piperidine rings is 1. The van der Waals surface area contributed by atoms with Crippen LogP contribution in [0.3, 0.4) is 0 Å². The van der Waals surface area contributed by atoms with E-state index in [1.165, 1.54) is 0 Å². The first-order valence-corrected chi connectivity index (χ1v) is 9.17. The molecule has 2 fully saturated rings. The van der Waals surface area contributed by atoms with E-state index in [2.05, 4.69) is 15.2 Å². The molecule has 3 N–H and O–H groups in total. The average molecular weight is 361 g/mol. The van der Waals surface area contributed by atoms with E-state index < -0.39 is 11.9 Å². The zero-order valence-corrected chi connectivity index (χ0v) is 15.2. The van der Waals surface area contributed by atoms with Crippen LogP contribution in [0.5, 0.6) is 0 Å². The minimum Gasteiger partial charge on any atom is -0.379 e. The van der Waals surface area contributed by atoms with Crippen molar-refractivity contribution >= 4 is 17.6 Å². The minimum atomic E-state index is -0.511. The Morgan fingerprint density at radius 1 is 1.23 bits per heavy atom. The van der Waals surface area contributed by atoms with Gasteiger partial charge < -0.3 is 20.7 Å². The Balaban J connectivity index is 1.52. The van der Waals surface area contributed by atoms with E-state index in [0.717, 1.165) is 52.2 Å². The number of anilines is 1. The summed E-state index contributed by atoms with van der Waals surface area (Å²) in [6.07, 6.45) is 3.54. The fourth-order valence-electron chi connectivity index (χ4n) is 3.46. The Bertz CT molecular complexity index is 622. The first kappa shape index (κ1) is 18.6. The maximum atomic E-state index is 12.7. The van der Waals surface area contributed by atoms with Crippen LogP contribution in [0.2, 0.25) is 0 Å². The maximum absolute atomic E-state index is 12.7. The van der Waals surface area contributed by atoms with Crippen molar-refractivity contribution in [1.82, 2.24) is 14.8 Å². The molecule has 0 saturated carbocycles. The Hall–Kier alpha value is -2.19. The lowest BCUT2D eigenvalue weighted by Gasteiger charge is -2.40. The molecule has 1 aromatic heterocycles. The number of nitrogens with zero attached hydrogens (tertiary/aromatic N) is 3.